The number of pyridine rings is 1. The molecule has 1 aromatic rings. The van der Waals surface area contributed by atoms with Crippen LogP contribution in [0.15, 0.2) is 18.5 Å². The van der Waals surface area contributed by atoms with Crippen molar-refractivity contribution < 1.29 is 0 Å². The van der Waals surface area contributed by atoms with Crippen LogP contribution < -0.4 is 5.32 Å². The van der Waals surface area contributed by atoms with Gasteiger partial charge in [-0.25, -0.2) is 0 Å². The molecule has 108 valence electrons. The topological polar surface area (TPSA) is 28.2 Å². The van der Waals surface area contributed by atoms with Crippen LogP contribution in [-0.4, -0.2) is 35.6 Å². The van der Waals surface area contributed by atoms with E-state index < -0.39 is 0 Å². The van der Waals surface area contributed by atoms with Gasteiger partial charge in [-0.15, -0.1) is 0 Å². The molecular weight excluding hydrogens is 234 g/mol. The van der Waals surface area contributed by atoms with Gasteiger partial charge in [0.1, 0.15) is 0 Å². The molecule has 0 saturated heterocycles. The second-order valence-electron chi connectivity index (χ2n) is 5.32. The van der Waals surface area contributed by atoms with Crippen LogP contribution in [0.25, 0.3) is 0 Å². The van der Waals surface area contributed by atoms with Gasteiger partial charge in [-0.2, -0.15) is 0 Å². The standard InChI is InChI=1S/C16H29N3/c1-5-19(6-2)9-7-8-15(4)18-13-16-10-14(3)11-17-12-16/h10-12,15,18H,5-9,13H2,1-4H3. The Bertz CT molecular complexity index is 348. The van der Waals surface area contributed by atoms with Crippen LogP contribution in [0.5, 0.6) is 0 Å². The first-order valence-corrected chi connectivity index (χ1v) is 7.52. The molecule has 0 amide bonds. The molecule has 0 bridgehead atoms. The molecule has 1 heterocycles. The minimum Gasteiger partial charge on any atom is -0.310 e. The minimum absolute atomic E-state index is 0.566. The highest BCUT2D eigenvalue weighted by Gasteiger charge is 2.04. The zero-order chi connectivity index (χ0) is 14.1. The molecule has 0 radical (unpaired) electrons. The van der Waals surface area contributed by atoms with E-state index in [4.69, 9.17) is 0 Å². The molecule has 0 saturated carbocycles. The number of rotatable bonds is 9. The van der Waals surface area contributed by atoms with E-state index in [9.17, 15) is 0 Å². The summed E-state index contributed by atoms with van der Waals surface area (Å²) in [5.74, 6) is 0. The normalized spacial score (nSPS) is 12.9. The third-order valence-corrected chi connectivity index (χ3v) is 3.59. The Labute approximate surface area is 118 Å². The van der Waals surface area contributed by atoms with E-state index in [-0.39, 0.29) is 0 Å². The van der Waals surface area contributed by atoms with Gasteiger partial charge >= 0.3 is 0 Å². The first-order valence-electron chi connectivity index (χ1n) is 7.52. The average molecular weight is 263 g/mol. The van der Waals surface area contributed by atoms with Crippen molar-refractivity contribution in [1.29, 1.82) is 0 Å². The van der Waals surface area contributed by atoms with Crippen LogP contribution in [0.1, 0.15) is 44.7 Å². The average Bonchev–Trinajstić information content (AvgIpc) is 2.41. The fraction of sp³-hybridized carbons (Fsp3) is 0.688. The number of hydrogen-bond donors (Lipinski definition) is 1. The summed E-state index contributed by atoms with van der Waals surface area (Å²) in [5.41, 5.74) is 2.50. The molecule has 1 unspecified atom stereocenters. The monoisotopic (exact) mass is 263 g/mol. The molecule has 0 aliphatic heterocycles. The maximum atomic E-state index is 4.22. The quantitative estimate of drug-likeness (QED) is 0.742. The Balaban J connectivity index is 2.19. The van der Waals surface area contributed by atoms with Crippen molar-refractivity contribution in [2.24, 2.45) is 0 Å². The molecule has 3 heteroatoms. The smallest absolute Gasteiger partial charge is 0.0313 e. The van der Waals surface area contributed by atoms with Crippen molar-refractivity contribution in [3.8, 4) is 0 Å². The number of aryl methyl sites for hydroxylation is 1. The van der Waals surface area contributed by atoms with Crippen molar-refractivity contribution in [3.05, 3.63) is 29.6 Å². The molecular formula is C16H29N3. The molecule has 0 aliphatic rings. The summed E-state index contributed by atoms with van der Waals surface area (Å²) in [6.45, 7) is 13.3. The molecule has 0 spiro atoms. The zero-order valence-corrected chi connectivity index (χ0v) is 12.9. The van der Waals surface area contributed by atoms with Crippen LogP contribution in [-0.2, 0) is 6.54 Å². The van der Waals surface area contributed by atoms with E-state index in [0.29, 0.717) is 6.04 Å². The molecule has 1 N–H and O–H groups in total. The van der Waals surface area contributed by atoms with E-state index in [1.165, 1.54) is 30.5 Å². The summed E-state index contributed by atoms with van der Waals surface area (Å²) < 4.78 is 0. The predicted octanol–water partition coefficient (Wildman–Crippen LogP) is 2.99. The number of nitrogens with zero attached hydrogens (tertiary/aromatic N) is 2. The minimum atomic E-state index is 0.566. The maximum Gasteiger partial charge on any atom is 0.0313 e. The Morgan fingerprint density at radius 1 is 1.26 bits per heavy atom. The number of hydrogen-bond acceptors (Lipinski definition) is 3. The van der Waals surface area contributed by atoms with Crippen LogP contribution in [0, 0.1) is 6.92 Å². The Hall–Kier alpha value is -0.930. The molecule has 1 aromatic heterocycles. The van der Waals surface area contributed by atoms with Gasteiger partial charge in [-0.05, 0) is 57.5 Å². The Morgan fingerprint density at radius 3 is 2.63 bits per heavy atom. The van der Waals surface area contributed by atoms with Crippen molar-refractivity contribution in [2.45, 2.75) is 53.1 Å². The van der Waals surface area contributed by atoms with Gasteiger partial charge in [0, 0.05) is 25.0 Å². The van der Waals surface area contributed by atoms with E-state index in [1.807, 2.05) is 12.4 Å². The Kier molecular flexibility index (Phi) is 7.68. The van der Waals surface area contributed by atoms with Crippen LogP contribution in [0.2, 0.25) is 0 Å². The largest absolute Gasteiger partial charge is 0.310 e. The van der Waals surface area contributed by atoms with E-state index in [1.54, 1.807) is 0 Å². The summed E-state index contributed by atoms with van der Waals surface area (Å²) in [5, 5.41) is 3.58. The first kappa shape index (κ1) is 16.1. The maximum absolute atomic E-state index is 4.22. The van der Waals surface area contributed by atoms with Crippen LogP contribution >= 0.6 is 0 Å². The van der Waals surface area contributed by atoms with Gasteiger partial charge in [0.25, 0.3) is 0 Å². The summed E-state index contributed by atoms with van der Waals surface area (Å²) >= 11 is 0. The summed E-state index contributed by atoms with van der Waals surface area (Å²) in [6.07, 6.45) is 6.34. The number of nitrogens with one attached hydrogen (secondary N) is 1. The third-order valence-electron chi connectivity index (χ3n) is 3.59. The lowest BCUT2D eigenvalue weighted by Gasteiger charge is -2.19. The highest BCUT2D eigenvalue weighted by atomic mass is 15.1. The van der Waals surface area contributed by atoms with E-state index >= 15 is 0 Å². The lowest BCUT2D eigenvalue weighted by Crippen LogP contribution is -2.28. The van der Waals surface area contributed by atoms with Gasteiger partial charge in [-0.1, -0.05) is 19.9 Å². The van der Waals surface area contributed by atoms with Crippen molar-refractivity contribution in [2.75, 3.05) is 19.6 Å². The van der Waals surface area contributed by atoms with Gasteiger partial charge in [0.2, 0.25) is 0 Å². The molecule has 0 aromatic carbocycles. The Morgan fingerprint density at radius 2 is 2.00 bits per heavy atom. The van der Waals surface area contributed by atoms with Gasteiger partial charge in [0.05, 0.1) is 0 Å². The second-order valence-corrected chi connectivity index (χ2v) is 5.32. The zero-order valence-electron chi connectivity index (χ0n) is 12.9. The van der Waals surface area contributed by atoms with Crippen molar-refractivity contribution in [3.63, 3.8) is 0 Å². The summed E-state index contributed by atoms with van der Waals surface area (Å²) in [7, 11) is 0. The number of aromatic nitrogens is 1. The molecule has 0 fully saturated rings. The summed E-state index contributed by atoms with van der Waals surface area (Å²) in [6, 6.07) is 2.76. The predicted molar refractivity (Wildman–Crippen MR) is 82.3 cm³/mol. The molecule has 19 heavy (non-hydrogen) atoms. The molecule has 0 aliphatic carbocycles. The lowest BCUT2D eigenvalue weighted by molar-refractivity contribution is 0.290. The molecule has 1 rings (SSSR count). The fourth-order valence-corrected chi connectivity index (χ4v) is 2.27. The van der Waals surface area contributed by atoms with E-state index in [0.717, 1.165) is 19.6 Å². The first-order chi connectivity index (χ1) is 9.15. The lowest BCUT2D eigenvalue weighted by atomic mass is 10.1. The van der Waals surface area contributed by atoms with E-state index in [2.05, 4.69) is 49.0 Å². The van der Waals surface area contributed by atoms with Gasteiger partial charge < -0.3 is 10.2 Å². The fourth-order valence-electron chi connectivity index (χ4n) is 2.27. The molecule has 3 nitrogen and oxygen atoms in total. The molecule has 1 atom stereocenters. The van der Waals surface area contributed by atoms with Gasteiger partial charge in [-0.3, -0.25) is 4.98 Å². The second kappa shape index (κ2) is 9.05. The summed E-state index contributed by atoms with van der Waals surface area (Å²) in [4.78, 5) is 6.71. The highest BCUT2D eigenvalue weighted by Crippen LogP contribution is 2.04. The van der Waals surface area contributed by atoms with Gasteiger partial charge in [0.15, 0.2) is 0 Å². The SMILES string of the molecule is CCN(CC)CCCC(C)NCc1cncc(C)c1. The van der Waals surface area contributed by atoms with Crippen molar-refractivity contribution >= 4 is 0 Å². The third kappa shape index (κ3) is 6.69. The van der Waals surface area contributed by atoms with Crippen LogP contribution in [0.3, 0.4) is 0 Å². The highest BCUT2D eigenvalue weighted by molar-refractivity contribution is 5.16. The van der Waals surface area contributed by atoms with Crippen molar-refractivity contribution in [1.82, 2.24) is 15.2 Å². The van der Waals surface area contributed by atoms with Crippen LogP contribution in [0.4, 0.5) is 0 Å².